The lowest BCUT2D eigenvalue weighted by Crippen LogP contribution is -1.99. The standard InChI is InChI=1S/C17H11NO2S2/c19-13(15-9-11-5-1-3-7-14(11)20-15)10-21-17-18-12-6-2-4-8-16(12)22-17/h1-9H,10H2. The van der Waals surface area contributed by atoms with E-state index in [2.05, 4.69) is 4.98 Å². The van der Waals surface area contributed by atoms with Crippen LogP contribution in [0.3, 0.4) is 0 Å². The summed E-state index contributed by atoms with van der Waals surface area (Å²) in [7, 11) is 0. The van der Waals surface area contributed by atoms with Crippen LogP contribution in [0.25, 0.3) is 21.2 Å². The Morgan fingerprint density at radius 1 is 1.14 bits per heavy atom. The van der Waals surface area contributed by atoms with E-state index in [0.717, 1.165) is 25.5 Å². The molecule has 108 valence electrons. The van der Waals surface area contributed by atoms with E-state index in [4.69, 9.17) is 4.42 Å². The minimum atomic E-state index is -0.0135. The summed E-state index contributed by atoms with van der Waals surface area (Å²) in [6.45, 7) is 0. The van der Waals surface area contributed by atoms with Crippen molar-refractivity contribution in [2.24, 2.45) is 0 Å². The number of furan rings is 1. The molecular formula is C17H11NO2S2. The smallest absolute Gasteiger partial charge is 0.208 e. The molecule has 0 aliphatic rings. The van der Waals surface area contributed by atoms with Crippen molar-refractivity contribution in [3.63, 3.8) is 0 Å². The van der Waals surface area contributed by atoms with E-state index in [9.17, 15) is 4.79 Å². The van der Waals surface area contributed by atoms with Gasteiger partial charge in [-0.15, -0.1) is 11.3 Å². The Balaban J connectivity index is 1.51. The average Bonchev–Trinajstić information content (AvgIpc) is 3.15. The summed E-state index contributed by atoms with van der Waals surface area (Å²) >= 11 is 3.07. The molecule has 0 spiro atoms. The van der Waals surface area contributed by atoms with E-state index >= 15 is 0 Å². The first-order valence-electron chi connectivity index (χ1n) is 6.80. The molecule has 0 N–H and O–H groups in total. The maximum atomic E-state index is 12.3. The van der Waals surface area contributed by atoms with Gasteiger partial charge in [0.2, 0.25) is 5.78 Å². The van der Waals surface area contributed by atoms with Crippen LogP contribution >= 0.6 is 23.1 Å². The monoisotopic (exact) mass is 325 g/mol. The average molecular weight is 325 g/mol. The van der Waals surface area contributed by atoms with Crippen molar-refractivity contribution < 1.29 is 9.21 Å². The summed E-state index contributed by atoms with van der Waals surface area (Å²) in [5.41, 5.74) is 1.72. The van der Waals surface area contributed by atoms with Crippen molar-refractivity contribution in [1.29, 1.82) is 0 Å². The van der Waals surface area contributed by atoms with Gasteiger partial charge in [0.05, 0.1) is 16.0 Å². The summed E-state index contributed by atoms with van der Waals surface area (Å²) in [5.74, 6) is 0.731. The minimum absolute atomic E-state index is 0.0135. The highest BCUT2D eigenvalue weighted by Gasteiger charge is 2.14. The maximum Gasteiger partial charge on any atom is 0.208 e. The number of rotatable bonds is 4. The molecular weight excluding hydrogens is 314 g/mol. The second-order valence-electron chi connectivity index (χ2n) is 4.81. The highest BCUT2D eigenvalue weighted by Crippen LogP contribution is 2.30. The number of ketones is 1. The van der Waals surface area contributed by atoms with Crippen LogP contribution in [0.15, 0.2) is 63.4 Å². The number of aromatic nitrogens is 1. The van der Waals surface area contributed by atoms with Crippen LogP contribution < -0.4 is 0 Å². The second kappa shape index (κ2) is 5.59. The SMILES string of the molecule is O=C(CSc1nc2ccccc2s1)c1cc2ccccc2o1. The molecule has 0 bridgehead atoms. The zero-order chi connectivity index (χ0) is 14.9. The summed E-state index contributed by atoms with van der Waals surface area (Å²) in [6.07, 6.45) is 0. The van der Waals surface area contributed by atoms with Crippen molar-refractivity contribution in [1.82, 2.24) is 4.98 Å². The fraction of sp³-hybridized carbons (Fsp3) is 0.0588. The Labute approximate surface area is 135 Å². The Morgan fingerprint density at radius 2 is 1.95 bits per heavy atom. The lowest BCUT2D eigenvalue weighted by atomic mass is 10.2. The van der Waals surface area contributed by atoms with Crippen molar-refractivity contribution in [3.8, 4) is 0 Å². The van der Waals surface area contributed by atoms with Crippen LogP contribution in [-0.2, 0) is 0 Å². The van der Waals surface area contributed by atoms with Gasteiger partial charge >= 0.3 is 0 Å². The van der Waals surface area contributed by atoms with Gasteiger partial charge in [0.25, 0.3) is 0 Å². The van der Waals surface area contributed by atoms with Gasteiger partial charge in [0.15, 0.2) is 10.1 Å². The fourth-order valence-corrected chi connectivity index (χ4v) is 4.17. The third kappa shape index (κ3) is 2.53. The molecule has 2 aromatic heterocycles. The predicted molar refractivity (Wildman–Crippen MR) is 90.9 cm³/mol. The van der Waals surface area contributed by atoms with Gasteiger partial charge in [0, 0.05) is 5.39 Å². The van der Waals surface area contributed by atoms with Crippen LogP contribution in [0.4, 0.5) is 0 Å². The summed E-state index contributed by atoms with van der Waals surface area (Å²) in [6, 6.07) is 17.4. The van der Waals surface area contributed by atoms with Crippen LogP contribution in [0.5, 0.6) is 0 Å². The molecule has 4 aromatic rings. The van der Waals surface area contributed by atoms with Gasteiger partial charge in [-0.2, -0.15) is 0 Å². The molecule has 0 saturated carbocycles. The van der Waals surface area contributed by atoms with Gasteiger partial charge in [-0.3, -0.25) is 4.79 Å². The number of hydrogen-bond donors (Lipinski definition) is 0. The molecule has 0 atom stereocenters. The van der Waals surface area contributed by atoms with E-state index in [0.29, 0.717) is 11.5 Å². The van der Waals surface area contributed by atoms with Gasteiger partial charge in [0.1, 0.15) is 5.58 Å². The molecule has 22 heavy (non-hydrogen) atoms. The largest absolute Gasteiger partial charge is 0.453 e. The van der Waals surface area contributed by atoms with Crippen LogP contribution in [-0.4, -0.2) is 16.5 Å². The number of fused-ring (bicyclic) bond motifs is 2. The van der Waals surface area contributed by atoms with Crippen molar-refractivity contribution in [2.45, 2.75) is 4.34 Å². The van der Waals surface area contributed by atoms with E-state index in [1.54, 1.807) is 17.4 Å². The summed E-state index contributed by atoms with van der Waals surface area (Å²) in [5, 5.41) is 0.954. The van der Waals surface area contributed by atoms with E-state index in [1.165, 1.54) is 11.8 Å². The highest BCUT2D eigenvalue weighted by molar-refractivity contribution is 8.01. The molecule has 0 radical (unpaired) electrons. The molecule has 0 unspecified atom stereocenters. The lowest BCUT2D eigenvalue weighted by molar-refractivity contribution is 0.0994. The molecule has 0 saturated heterocycles. The molecule has 4 rings (SSSR count). The Kier molecular flexibility index (Phi) is 3.44. The van der Waals surface area contributed by atoms with Gasteiger partial charge in [-0.25, -0.2) is 4.98 Å². The zero-order valence-corrected chi connectivity index (χ0v) is 13.1. The van der Waals surface area contributed by atoms with Crippen molar-refractivity contribution in [3.05, 3.63) is 60.4 Å². The fourth-order valence-electron chi connectivity index (χ4n) is 2.23. The summed E-state index contributed by atoms with van der Waals surface area (Å²) in [4.78, 5) is 16.8. The quantitative estimate of drug-likeness (QED) is 0.390. The third-order valence-corrected chi connectivity index (χ3v) is 5.48. The lowest BCUT2D eigenvalue weighted by Gasteiger charge is -1.94. The van der Waals surface area contributed by atoms with Crippen LogP contribution in [0, 0.1) is 0 Å². The second-order valence-corrected chi connectivity index (χ2v) is 7.06. The van der Waals surface area contributed by atoms with Gasteiger partial charge in [-0.05, 0) is 24.3 Å². The number of Topliss-reactive ketones (excluding diaryl/α,β-unsaturated/α-hetero) is 1. The number of carbonyl (C=O) groups is 1. The third-order valence-electron chi connectivity index (χ3n) is 3.30. The molecule has 0 fully saturated rings. The van der Waals surface area contributed by atoms with Gasteiger partial charge in [-0.1, -0.05) is 42.1 Å². The maximum absolute atomic E-state index is 12.3. The van der Waals surface area contributed by atoms with Crippen molar-refractivity contribution >= 4 is 50.1 Å². The molecule has 3 nitrogen and oxygen atoms in total. The van der Waals surface area contributed by atoms with Crippen LogP contribution in [0.1, 0.15) is 10.6 Å². The number of carbonyl (C=O) groups excluding carboxylic acids is 1. The van der Waals surface area contributed by atoms with E-state index < -0.39 is 0 Å². The number of para-hydroxylation sites is 2. The highest BCUT2D eigenvalue weighted by atomic mass is 32.2. The Hall–Kier alpha value is -2.11. The first kappa shape index (κ1) is 13.5. The van der Waals surface area contributed by atoms with E-state index in [1.807, 2.05) is 48.5 Å². The first-order chi connectivity index (χ1) is 10.8. The van der Waals surface area contributed by atoms with E-state index in [-0.39, 0.29) is 5.78 Å². The number of thiazole rings is 1. The molecule has 0 amide bonds. The molecule has 0 aliphatic heterocycles. The number of benzene rings is 2. The minimum Gasteiger partial charge on any atom is -0.453 e. The number of thioether (sulfide) groups is 1. The van der Waals surface area contributed by atoms with Crippen LogP contribution in [0.2, 0.25) is 0 Å². The number of hydrogen-bond acceptors (Lipinski definition) is 5. The van der Waals surface area contributed by atoms with Crippen molar-refractivity contribution in [2.75, 3.05) is 5.75 Å². The normalized spacial score (nSPS) is 11.3. The molecule has 5 heteroatoms. The predicted octanol–water partition coefficient (Wildman–Crippen LogP) is 5.02. The Bertz CT molecular complexity index is 905. The zero-order valence-electron chi connectivity index (χ0n) is 11.5. The first-order valence-corrected chi connectivity index (χ1v) is 8.60. The Morgan fingerprint density at radius 3 is 2.82 bits per heavy atom. The van der Waals surface area contributed by atoms with Gasteiger partial charge < -0.3 is 4.42 Å². The molecule has 2 heterocycles. The molecule has 2 aromatic carbocycles. The summed E-state index contributed by atoms with van der Waals surface area (Å²) < 4.78 is 7.65. The molecule has 0 aliphatic carbocycles. The topological polar surface area (TPSA) is 43.1 Å². The number of nitrogens with zero attached hydrogens (tertiary/aromatic N) is 1.